The van der Waals surface area contributed by atoms with E-state index in [1.807, 2.05) is 24.4 Å². The smallest absolute Gasteiger partial charge is 0.358 e. The zero-order valence-corrected chi connectivity index (χ0v) is 15.5. The molecule has 0 atom stereocenters. The number of hydrogen-bond acceptors (Lipinski definition) is 6. The third-order valence-electron chi connectivity index (χ3n) is 3.24. The molecular formula is C17H13ClN2O3S2. The number of carbonyl (C=O) groups is 2. The summed E-state index contributed by atoms with van der Waals surface area (Å²) in [5.74, 6) is -1.05. The van der Waals surface area contributed by atoms with E-state index in [0.717, 1.165) is 15.4 Å². The minimum absolute atomic E-state index is 0.198. The van der Waals surface area contributed by atoms with E-state index in [4.69, 9.17) is 16.3 Å². The van der Waals surface area contributed by atoms with Crippen molar-refractivity contribution in [2.45, 2.75) is 6.92 Å². The molecule has 0 aliphatic carbocycles. The molecule has 0 aliphatic heterocycles. The Morgan fingerprint density at radius 2 is 2.12 bits per heavy atom. The molecule has 25 heavy (non-hydrogen) atoms. The normalized spacial score (nSPS) is 10.5. The summed E-state index contributed by atoms with van der Waals surface area (Å²) in [6, 6.07) is 8.97. The number of aromatic nitrogens is 1. The number of nitrogens with one attached hydrogen (secondary N) is 1. The van der Waals surface area contributed by atoms with E-state index < -0.39 is 11.9 Å². The number of esters is 1. The fraction of sp³-hybridized carbons (Fsp3) is 0.118. The third-order valence-corrected chi connectivity index (χ3v) is 5.36. The number of ether oxygens (including phenoxy) is 1. The van der Waals surface area contributed by atoms with Gasteiger partial charge in [0.1, 0.15) is 5.01 Å². The zero-order chi connectivity index (χ0) is 17.8. The van der Waals surface area contributed by atoms with Gasteiger partial charge >= 0.3 is 5.97 Å². The molecule has 0 fully saturated rings. The van der Waals surface area contributed by atoms with E-state index in [1.54, 1.807) is 34.9 Å². The van der Waals surface area contributed by atoms with Crippen LogP contribution in [0.2, 0.25) is 5.02 Å². The van der Waals surface area contributed by atoms with Crippen molar-refractivity contribution in [1.82, 2.24) is 4.98 Å². The SMILES string of the molecule is Cc1cc(Cl)ccc1NC(=O)COC(=O)c1csc(-c2cccs2)n1. The fourth-order valence-corrected chi connectivity index (χ4v) is 3.87. The summed E-state index contributed by atoms with van der Waals surface area (Å²) >= 11 is 8.78. The number of thiophene rings is 1. The van der Waals surface area contributed by atoms with Crippen molar-refractivity contribution in [2.24, 2.45) is 0 Å². The third kappa shape index (κ3) is 4.45. The molecule has 128 valence electrons. The van der Waals surface area contributed by atoms with Gasteiger partial charge < -0.3 is 10.1 Å². The highest BCUT2D eigenvalue weighted by Gasteiger charge is 2.15. The highest BCUT2D eigenvalue weighted by atomic mass is 35.5. The lowest BCUT2D eigenvalue weighted by Crippen LogP contribution is -2.21. The molecule has 0 saturated heterocycles. The minimum Gasteiger partial charge on any atom is -0.451 e. The lowest BCUT2D eigenvalue weighted by Gasteiger charge is -2.08. The van der Waals surface area contributed by atoms with E-state index in [1.165, 1.54) is 11.3 Å². The average molecular weight is 393 g/mol. The molecule has 0 spiro atoms. The number of amides is 1. The van der Waals surface area contributed by atoms with Crippen LogP contribution in [0, 0.1) is 6.92 Å². The van der Waals surface area contributed by atoms with E-state index in [-0.39, 0.29) is 12.3 Å². The molecule has 5 nitrogen and oxygen atoms in total. The van der Waals surface area contributed by atoms with Gasteiger partial charge in [-0.2, -0.15) is 0 Å². The number of benzene rings is 1. The largest absolute Gasteiger partial charge is 0.451 e. The summed E-state index contributed by atoms with van der Waals surface area (Å²) < 4.78 is 5.03. The van der Waals surface area contributed by atoms with E-state index >= 15 is 0 Å². The van der Waals surface area contributed by atoms with Crippen molar-refractivity contribution in [3.8, 4) is 9.88 Å². The Kier molecular flexibility index (Phi) is 5.47. The number of carbonyl (C=O) groups excluding carboxylic acids is 2. The van der Waals surface area contributed by atoms with Crippen molar-refractivity contribution in [1.29, 1.82) is 0 Å². The Balaban J connectivity index is 1.56. The Hall–Kier alpha value is -2.22. The van der Waals surface area contributed by atoms with Crippen LogP contribution < -0.4 is 5.32 Å². The average Bonchev–Trinajstić information content (AvgIpc) is 3.26. The van der Waals surface area contributed by atoms with E-state index in [2.05, 4.69) is 10.3 Å². The lowest BCUT2D eigenvalue weighted by atomic mass is 10.2. The fourth-order valence-electron chi connectivity index (χ4n) is 2.04. The lowest BCUT2D eigenvalue weighted by molar-refractivity contribution is -0.119. The van der Waals surface area contributed by atoms with Crippen molar-refractivity contribution in [2.75, 3.05) is 11.9 Å². The number of rotatable bonds is 5. The quantitative estimate of drug-likeness (QED) is 0.643. The number of thiazole rings is 1. The van der Waals surface area contributed by atoms with Gasteiger partial charge in [-0.1, -0.05) is 17.7 Å². The molecule has 1 amide bonds. The summed E-state index contributed by atoms with van der Waals surface area (Å²) in [6.45, 7) is 1.45. The van der Waals surface area contributed by atoms with Crippen LogP contribution in [0.3, 0.4) is 0 Å². The van der Waals surface area contributed by atoms with Gasteiger partial charge in [-0.25, -0.2) is 9.78 Å². The second-order valence-corrected chi connectivity index (χ2v) is 7.34. The van der Waals surface area contributed by atoms with Crippen LogP contribution in [0.5, 0.6) is 0 Å². The van der Waals surface area contributed by atoms with Crippen LogP contribution in [-0.2, 0) is 9.53 Å². The monoisotopic (exact) mass is 392 g/mol. The van der Waals surface area contributed by atoms with Crippen LogP contribution in [-0.4, -0.2) is 23.5 Å². The van der Waals surface area contributed by atoms with Crippen molar-refractivity contribution in [3.63, 3.8) is 0 Å². The van der Waals surface area contributed by atoms with Gasteiger partial charge in [-0.05, 0) is 42.1 Å². The van der Waals surface area contributed by atoms with Crippen LogP contribution in [0.15, 0.2) is 41.1 Å². The van der Waals surface area contributed by atoms with Gasteiger partial charge in [-0.3, -0.25) is 4.79 Å². The maximum absolute atomic E-state index is 12.0. The molecule has 0 radical (unpaired) electrons. The number of hydrogen-bond donors (Lipinski definition) is 1. The predicted octanol–water partition coefficient (Wildman–Crippen LogP) is 4.63. The first-order chi connectivity index (χ1) is 12.0. The van der Waals surface area contributed by atoms with Gasteiger partial charge in [0.15, 0.2) is 12.3 Å². The summed E-state index contributed by atoms with van der Waals surface area (Å²) in [4.78, 5) is 29.2. The summed E-state index contributed by atoms with van der Waals surface area (Å²) in [7, 11) is 0. The minimum atomic E-state index is -0.623. The van der Waals surface area contributed by atoms with E-state index in [9.17, 15) is 9.59 Å². The first-order valence-electron chi connectivity index (χ1n) is 7.25. The van der Waals surface area contributed by atoms with Crippen LogP contribution in [0.1, 0.15) is 16.1 Å². The summed E-state index contributed by atoms with van der Waals surface area (Å²) in [5, 5.41) is 7.59. The van der Waals surface area contributed by atoms with Crippen LogP contribution in [0.4, 0.5) is 5.69 Å². The molecule has 0 saturated carbocycles. The number of nitrogens with zero attached hydrogens (tertiary/aromatic N) is 1. The Morgan fingerprint density at radius 1 is 1.28 bits per heavy atom. The van der Waals surface area contributed by atoms with Crippen LogP contribution in [0.25, 0.3) is 9.88 Å². The Labute approximate surface area is 157 Å². The molecule has 2 heterocycles. The molecule has 0 unspecified atom stereocenters. The summed E-state index contributed by atoms with van der Waals surface area (Å²) in [6.07, 6.45) is 0. The summed E-state index contributed by atoms with van der Waals surface area (Å²) in [5.41, 5.74) is 1.65. The van der Waals surface area contributed by atoms with Crippen molar-refractivity contribution >= 4 is 51.8 Å². The Morgan fingerprint density at radius 3 is 2.84 bits per heavy atom. The maximum atomic E-state index is 12.0. The molecule has 8 heteroatoms. The van der Waals surface area contributed by atoms with Crippen molar-refractivity contribution < 1.29 is 14.3 Å². The first kappa shape index (κ1) is 17.6. The van der Waals surface area contributed by atoms with Crippen LogP contribution >= 0.6 is 34.3 Å². The number of anilines is 1. The highest BCUT2D eigenvalue weighted by Crippen LogP contribution is 2.28. The van der Waals surface area contributed by atoms with Gasteiger partial charge in [0.25, 0.3) is 5.91 Å². The van der Waals surface area contributed by atoms with Gasteiger partial charge in [0, 0.05) is 16.1 Å². The molecular weight excluding hydrogens is 380 g/mol. The van der Waals surface area contributed by atoms with Gasteiger partial charge in [-0.15, -0.1) is 22.7 Å². The molecule has 0 aliphatic rings. The zero-order valence-electron chi connectivity index (χ0n) is 13.1. The van der Waals surface area contributed by atoms with Gasteiger partial charge in [0.05, 0.1) is 4.88 Å². The maximum Gasteiger partial charge on any atom is 0.358 e. The number of halogens is 1. The second kappa shape index (κ2) is 7.77. The molecule has 0 bridgehead atoms. The molecule has 2 aromatic heterocycles. The van der Waals surface area contributed by atoms with Gasteiger partial charge in [0.2, 0.25) is 0 Å². The predicted molar refractivity (Wildman–Crippen MR) is 101 cm³/mol. The first-order valence-corrected chi connectivity index (χ1v) is 9.39. The molecule has 1 N–H and O–H groups in total. The van der Waals surface area contributed by atoms with Crippen molar-refractivity contribution in [3.05, 3.63) is 57.4 Å². The topological polar surface area (TPSA) is 68.3 Å². The molecule has 3 aromatic rings. The highest BCUT2D eigenvalue weighted by molar-refractivity contribution is 7.20. The standard InChI is InChI=1S/C17H13ClN2O3S2/c1-10-7-11(18)4-5-12(10)19-15(21)8-23-17(22)13-9-25-16(20-13)14-3-2-6-24-14/h2-7,9H,8H2,1H3,(H,19,21). The Bertz CT molecular complexity index is 907. The molecule has 1 aromatic carbocycles. The molecule has 3 rings (SSSR count). The van der Waals surface area contributed by atoms with E-state index in [0.29, 0.717) is 10.7 Å². The number of aryl methyl sites for hydroxylation is 1. The second-order valence-electron chi connectivity index (χ2n) is 5.10.